The first-order valence-electron chi connectivity index (χ1n) is 9.66. The molecule has 0 saturated carbocycles. The Bertz CT molecular complexity index is 1270. The number of carbonyl (C=O) groups is 2. The van der Waals surface area contributed by atoms with Gasteiger partial charge in [-0.15, -0.1) is 11.3 Å². The van der Waals surface area contributed by atoms with Gasteiger partial charge in [0, 0.05) is 16.9 Å². The Labute approximate surface area is 185 Å². The van der Waals surface area contributed by atoms with E-state index in [2.05, 4.69) is 5.32 Å². The van der Waals surface area contributed by atoms with Crippen molar-refractivity contribution in [2.24, 2.45) is 0 Å². The van der Waals surface area contributed by atoms with E-state index < -0.39 is 29.3 Å². The van der Waals surface area contributed by atoms with Gasteiger partial charge in [0.15, 0.2) is 11.6 Å². The van der Waals surface area contributed by atoms with Gasteiger partial charge in [-0.25, -0.2) is 13.2 Å². The monoisotopic (exact) mass is 454 g/mol. The van der Waals surface area contributed by atoms with Crippen molar-refractivity contribution in [2.45, 2.75) is 6.54 Å². The largest absolute Gasteiger partial charge is 0.324 e. The Balaban J connectivity index is 1.59. The topological polar surface area (TPSA) is 49.4 Å². The summed E-state index contributed by atoms with van der Waals surface area (Å²) in [5.74, 6) is -3.53. The van der Waals surface area contributed by atoms with E-state index >= 15 is 0 Å². The second-order valence-electron chi connectivity index (χ2n) is 7.12. The van der Waals surface area contributed by atoms with Crippen LogP contribution in [0.5, 0.6) is 0 Å². The molecule has 2 amide bonds. The van der Waals surface area contributed by atoms with Crippen LogP contribution < -0.4 is 5.32 Å². The summed E-state index contributed by atoms with van der Waals surface area (Å²) in [6.07, 6.45) is 0. The number of benzene rings is 3. The summed E-state index contributed by atoms with van der Waals surface area (Å²) < 4.78 is 41.3. The highest BCUT2D eigenvalue weighted by molar-refractivity contribution is 7.20. The summed E-state index contributed by atoms with van der Waals surface area (Å²) in [6.45, 7) is -0.469. The van der Waals surface area contributed by atoms with Crippen molar-refractivity contribution >= 4 is 38.9 Å². The first-order valence-corrected chi connectivity index (χ1v) is 10.5. The fourth-order valence-electron chi connectivity index (χ4n) is 3.24. The zero-order valence-electron chi connectivity index (χ0n) is 16.6. The molecule has 0 saturated heterocycles. The molecule has 0 aliphatic heterocycles. The summed E-state index contributed by atoms with van der Waals surface area (Å²) in [7, 11) is 0. The molecule has 1 N–H and O–H groups in total. The second-order valence-corrected chi connectivity index (χ2v) is 8.20. The van der Waals surface area contributed by atoms with Crippen LogP contribution in [0.4, 0.5) is 18.9 Å². The van der Waals surface area contributed by atoms with Crippen molar-refractivity contribution in [2.75, 3.05) is 11.9 Å². The Morgan fingerprint density at radius 3 is 2.44 bits per heavy atom. The van der Waals surface area contributed by atoms with Gasteiger partial charge in [0.1, 0.15) is 12.4 Å². The third-order valence-electron chi connectivity index (χ3n) is 4.72. The molecule has 4 aromatic rings. The average Bonchev–Trinajstić information content (AvgIpc) is 3.19. The summed E-state index contributed by atoms with van der Waals surface area (Å²) in [6, 6.07) is 17.9. The van der Waals surface area contributed by atoms with Gasteiger partial charge in [-0.3, -0.25) is 9.59 Å². The lowest BCUT2D eigenvalue weighted by Gasteiger charge is -2.22. The van der Waals surface area contributed by atoms with Crippen molar-refractivity contribution in [1.29, 1.82) is 0 Å². The van der Waals surface area contributed by atoms with E-state index in [1.54, 1.807) is 6.07 Å². The van der Waals surface area contributed by atoms with Gasteiger partial charge in [0.25, 0.3) is 5.91 Å². The predicted molar refractivity (Wildman–Crippen MR) is 118 cm³/mol. The number of amides is 2. The van der Waals surface area contributed by atoms with Crippen LogP contribution in [0.3, 0.4) is 0 Å². The highest BCUT2D eigenvalue weighted by Crippen LogP contribution is 2.27. The Morgan fingerprint density at radius 1 is 0.875 bits per heavy atom. The van der Waals surface area contributed by atoms with E-state index in [0.29, 0.717) is 10.4 Å². The molecule has 0 radical (unpaired) electrons. The maximum absolute atomic E-state index is 13.7. The molecule has 0 unspecified atom stereocenters. The maximum atomic E-state index is 13.7. The van der Waals surface area contributed by atoms with E-state index in [0.717, 1.165) is 28.3 Å². The molecule has 0 bridgehead atoms. The number of carbonyl (C=O) groups excluding carboxylic acids is 2. The van der Waals surface area contributed by atoms with Gasteiger partial charge in [-0.1, -0.05) is 30.3 Å². The fourth-order valence-corrected chi connectivity index (χ4v) is 4.27. The highest BCUT2D eigenvalue weighted by atomic mass is 32.1. The van der Waals surface area contributed by atoms with Gasteiger partial charge in [-0.2, -0.15) is 0 Å². The third kappa shape index (κ3) is 4.97. The lowest BCUT2D eigenvalue weighted by molar-refractivity contribution is -0.117. The van der Waals surface area contributed by atoms with E-state index in [1.165, 1.54) is 40.5 Å². The van der Waals surface area contributed by atoms with Gasteiger partial charge in [0.05, 0.1) is 4.88 Å². The molecule has 8 heteroatoms. The van der Waals surface area contributed by atoms with Crippen LogP contribution in [-0.2, 0) is 11.3 Å². The Morgan fingerprint density at radius 2 is 1.69 bits per heavy atom. The van der Waals surface area contributed by atoms with Crippen LogP contribution >= 0.6 is 11.3 Å². The summed E-state index contributed by atoms with van der Waals surface area (Å²) >= 11 is 1.28. The normalized spacial score (nSPS) is 10.8. The zero-order valence-corrected chi connectivity index (χ0v) is 17.5. The summed E-state index contributed by atoms with van der Waals surface area (Å²) in [5.41, 5.74) is 0.578. The Hall–Kier alpha value is -3.65. The van der Waals surface area contributed by atoms with E-state index in [4.69, 9.17) is 0 Å². The second kappa shape index (κ2) is 9.23. The van der Waals surface area contributed by atoms with Gasteiger partial charge >= 0.3 is 0 Å². The zero-order chi connectivity index (χ0) is 22.7. The smallest absolute Gasteiger partial charge is 0.264 e. The number of nitrogens with one attached hydrogen (secondary N) is 1. The number of thiophene rings is 1. The number of fused-ring (bicyclic) bond motifs is 1. The first-order chi connectivity index (χ1) is 15.4. The van der Waals surface area contributed by atoms with Crippen molar-refractivity contribution < 1.29 is 22.8 Å². The predicted octanol–water partition coefficient (Wildman–Crippen LogP) is 5.60. The van der Waals surface area contributed by atoms with Crippen LogP contribution in [0.1, 0.15) is 15.2 Å². The maximum Gasteiger partial charge on any atom is 0.264 e. The summed E-state index contributed by atoms with van der Waals surface area (Å²) in [5, 5.41) is 3.44. The van der Waals surface area contributed by atoms with E-state index in [9.17, 15) is 22.8 Å². The fraction of sp³-hybridized carbons (Fsp3) is 0.0833. The number of nitrogens with zero attached hydrogens (tertiary/aromatic N) is 1. The minimum Gasteiger partial charge on any atom is -0.324 e. The number of hydrogen-bond donors (Lipinski definition) is 1. The summed E-state index contributed by atoms with van der Waals surface area (Å²) in [4.78, 5) is 27.5. The van der Waals surface area contributed by atoms with Crippen LogP contribution in [-0.4, -0.2) is 23.3 Å². The number of rotatable bonds is 6. The lowest BCUT2D eigenvalue weighted by Crippen LogP contribution is -2.37. The molecular weight excluding hydrogens is 437 g/mol. The molecule has 3 aromatic carbocycles. The molecule has 1 heterocycles. The third-order valence-corrected chi connectivity index (χ3v) is 5.83. The number of halogens is 3. The van der Waals surface area contributed by atoms with Crippen LogP contribution in [0.15, 0.2) is 72.8 Å². The molecule has 0 fully saturated rings. The van der Waals surface area contributed by atoms with Crippen molar-refractivity contribution in [3.63, 3.8) is 0 Å². The average molecular weight is 454 g/mol. The molecule has 32 heavy (non-hydrogen) atoms. The van der Waals surface area contributed by atoms with Gasteiger partial charge in [0.2, 0.25) is 5.91 Å². The lowest BCUT2D eigenvalue weighted by atomic mass is 10.2. The first kappa shape index (κ1) is 21.6. The van der Waals surface area contributed by atoms with Gasteiger partial charge in [-0.05, 0) is 53.4 Å². The molecular formula is C24H17F3N2O2S. The van der Waals surface area contributed by atoms with Crippen molar-refractivity contribution in [1.82, 2.24) is 4.90 Å². The highest BCUT2D eigenvalue weighted by Gasteiger charge is 2.22. The van der Waals surface area contributed by atoms with Crippen LogP contribution in [0.25, 0.3) is 10.1 Å². The molecule has 0 aliphatic rings. The van der Waals surface area contributed by atoms with E-state index in [-0.39, 0.29) is 18.8 Å². The molecule has 1 aromatic heterocycles. The van der Waals surface area contributed by atoms with Crippen LogP contribution in [0, 0.1) is 17.5 Å². The molecule has 0 spiro atoms. The van der Waals surface area contributed by atoms with Crippen molar-refractivity contribution in [3.8, 4) is 0 Å². The molecule has 0 aliphatic carbocycles. The molecule has 0 atom stereocenters. The number of anilines is 1. The minimum atomic E-state index is -1.04. The standard InChI is InChI=1S/C24H17F3N2O2S/c25-17-5-3-6-18(12-17)28-23(30)14-29(13-15-8-9-19(26)20(27)10-15)24(31)22-11-16-4-1-2-7-21(16)32-22/h1-12H,13-14H2,(H,28,30). The molecule has 4 nitrogen and oxygen atoms in total. The molecule has 162 valence electrons. The Kier molecular flexibility index (Phi) is 6.23. The van der Waals surface area contributed by atoms with Gasteiger partial charge < -0.3 is 10.2 Å². The number of hydrogen-bond acceptors (Lipinski definition) is 3. The quantitative estimate of drug-likeness (QED) is 0.412. The SMILES string of the molecule is O=C(CN(Cc1ccc(F)c(F)c1)C(=O)c1cc2ccccc2s1)Nc1cccc(F)c1. The van der Waals surface area contributed by atoms with Crippen LogP contribution in [0.2, 0.25) is 0 Å². The molecule has 4 rings (SSSR count). The van der Waals surface area contributed by atoms with Crippen molar-refractivity contribution in [3.05, 3.63) is 101 Å². The van der Waals surface area contributed by atoms with E-state index in [1.807, 2.05) is 24.3 Å². The minimum absolute atomic E-state index is 0.110.